The van der Waals surface area contributed by atoms with Crippen LogP contribution in [0.15, 0.2) is 43.0 Å². The molecule has 112 valence electrons. The van der Waals surface area contributed by atoms with Crippen molar-refractivity contribution in [2.45, 2.75) is 58.8 Å². The fourth-order valence-corrected chi connectivity index (χ4v) is 2.87. The van der Waals surface area contributed by atoms with Gasteiger partial charge in [-0.2, -0.15) is 0 Å². The maximum Gasteiger partial charge on any atom is -0.00939 e. The van der Waals surface area contributed by atoms with Crippen molar-refractivity contribution in [1.29, 1.82) is 0 Å². The van der Waals surface area contributed by atoms with Gasteiger partial charge in [-0.1, -0.05) is 78.0 Å². The van der Waals surface area contributed by atoms with Crippen molar-refractivity contribution in [2.75, 3.05) is 0 Å². The van der Waals surface area contributed by atoms with Gasteiger partial charge in [0.1, 0.15) is 0 Å². The molecular formula is C21H28. The number of fused-ring (bicyclic) bond motifs is 1. The van der Waals surface area contributed by atoms with Crippen LogP contribution in [0.5, 0.6) is 0 Å². The summed E-state index contributed by atoms with van der Waals surface area (Å²) in [5.41, 5.74) is 7.30. The molecule has 2 aliphatic carbocycles. The average molecular weight is 280 g/mol. The molecule has 0 bridgehead atoms. The van der Waals surface area contributed by atoms with Crippen molar-refractivity contribution >= 4 is 0 Å². The van der Waals surface area contributed by atoms with Crippen LogP contribution in [0, 0.1) is 0 Å². The monoisotopic (exact) mass is 280 g/mol. The molecule has 0 unspecified atom stereocenters. The fraction of sp³-hybridized carbons (Fsp3) is 0.429. The molecule has 0 N–H and O–H groups in total. The molecule has 0 heteroatoms. The lowest BCUT2D eigenvalue weighted by Gasteiger charge is -2.19. The molecule has 0 aromatic rings. The van der Waals surface area contributed by atoms with Gasteiger partial charge in [-0.25, -0.2) is 0 Å². The van der Waals surface area contributed by atoms with Crippen molar-refractivity contribution in [3.63, 3.8) is 0 Å². The Morgan fingerprint density at radius 2 is 1.43 bits per heavy atom. The van der Waals surface area contributed by atoms with Gasteiger partial charge in [-0.3, -0.25) is 0 Å². The van der Waals surface area contributed by atoms with Crippen LogP contribution in [-0.2, 0) is 17.3 Å². The van der Waals surface area contributed by atoms with E-state index in [1.54, 1.807) is 0 Å². The van der Waals surface area contributed by atoms with E-state index in [1.807, 2.05) is 6.08 Å². The molecule has 0 amide bonds. The first kappa shape index (κ1) is 15.8. The molecule has 0 fully saturated rings. The number of allylic oxidation sites excluding steroid dienone is 1. The number of rotatable bonds is 2. The van der Waals surface area contributed by atoms with E-state index >= 15 is 0 Å². The number of hydrogen-bond donors (Lipinski definition) is 0. The molecule has 0 saturated carbocycles. The summed E-state index contributed by atoms with van der Waals surface area (Å²) in [6, 6.07) is 11.5. The molecule has 21 heavy (non-hydrogen) atoms. The summed E-state index contributed by atoms with van der Waals surface area (Å²) in [5.74, 6) is 0. The second kappa shape index (κ2) is 5.33. The summed E-state index contributed by atoms with van der Waals surface area (Å²) < 4.78 is 0. The largest absolute Gasteiger partial charge is 0.103 e. The van der Waals surface area contributed by atoms with Crippen LogP contribution in [0.25, 0.3) is 11.1 Å². The molecular weight excluding hydrogens is 252 g/mol. The van der Waals surface area contributed by atoms with Crippen LogP contribution < -0.4 is 0 Å². The fourth-order valence-electron chi connectivity index (χ4n) is 2.87. The summed E-state index contributed by atoms with van der Waals surface area (Å²) in [6.07, 6.45) is 2.93. The van der Waals surface area contributed by atoms with Crippen LogP contribution in [0.2, 0.25) is 0 Å². The van der Waals surface area contributed by atoms with Gasteiger partial charge in [-0.05, 0) is 45.1 Å². The van der Waals surface area contributed by atoms with Gasteiger partial charge in [0, 0.05) is 0 Å². The predicted octanol–water partition coefficient (Wildman–Crippen LogP) is 6.11. The molecule has 0 radical (unpaired) electrons. The van der Waals surface area contributed by atoms with Gasteiger partial charge in [0.2, 0.25) is 0 Å². The molecule has 0 aromatic carbocycles. The van der Waals surface area contributed by atoms with Crippen molar-refractivity contribution in [3.8, 4) is 11.1 Å². The maximum absolute atomic E-state index is 3.91. The number of hydrogen-bond acceptors (Lipinski definition) is 0. The van der Waals surface area contributed by atoms with Crippen molar-refractivity contribution in [1.82, 2.24) is 0 Å². The first-order valence-electron chi connectivity index (χ1n) is 7.82. The Morgan fingerprint density at radius 1 is 0.857 bits per heavy atom. The minimum Gasteiger partial charge on any atom is -0.103 e. The average Bonchev–Trinajstić information content (AvgIpc) is 2.54. The molecule has 0 heterocycles. The van der Waals surface area contributed by atoms with Crippen molar-refractivity contribution < 1.29 is 0 Å². The van der Waals surface area contributed by atoms with E-state index in [0.29, 0.717) is 0 Å². The highest BCUT2D eigenvalue weighted by molar-refractivity contribution is 5.76. The second-order valence-corrected chi connectivity index (χ2v) is 8.03. The zero-order chi connectivity index (χ0) is 15.8. The first-order valence-corrected chi connectivity index (χ1v) is 7.82. The van der Waals surface area contributed by atoms with E-state index in [0.717, 1.165) is 6.42 Å². The highest BCUT2D eigenvalue weighted by Gasteiger charge is 2.24. The third-order valence-electron chi connectivity index (χ3n) is 4.14. The van der Waals surface area contributed by atoms with Crippen LogP contribution in [0.1, 0.15) is 58.2 Å². The van der Waals surface area contributed by atoms with Gasteiger partial charge < -0.3 is 0 Å². The van der Waals surface area contributed by atoms with Gasteiger partial charge in [0.15, 0.2) is 0 Å². The molecule has 0 spiro atoms. The van der Waals surface area contributed by atoms with Gasteiger partial charge in [0.25, 0.3) is 0 Å². The van der Waals surface area contributed by atoms with Crippen LogP contribution in [-0.4, -0.2) is 0 Å². The summed E-state index contributed by atoms with van der Waals surface area (Å²) in [5, 5.41) is 0. The van der Waals surface area contributed by atoms with Crippen LogP contribution in [0.4, 0.5) is 0 Å². The predicted molar refractivity (Wildman–Crippen MR) is 94.4 cm³/mol. The van der Waals surface area contributed by atoms with E-state index in [9.17, 15) is 0 Å². The topological polar surface area (TPSA) is 0 Å². The highest BCUT2D eigenvalue weighted by atomic mass is 14.3. The Bertz CT molecular complexity index is 618. The van der Waals surface area contributed by atoms with Crippen molar-refractivity contribution in [2.24, 2.45) is 0 Å². The minimum atomic E-state index is 0.161. The molecule has 2 aliphatic rings. The Morgan fingerprint density at radius 3 is 1.90 bits per heavy atom. The zero-order valence-corrected chi connectivity index (χ0v) is 14.4. The molecule has 0 saturated heterocycles. The lowest BCUT2D eigenvalue weighted by Crippen LogP contribution is -2.10. The summed E-state index contributed by atoms with van der Waals surface area (Å²) in [7, 11) is 0. The lowest BCUT2D eigenvalue weighted by molar-refractivity contribution is 0.590. The normalized spacial score (nSPS) is 12.7. The van der Waals surface area contributed by atoms with E-state index < -0.39 is 0 Å². The van der Waals surface area contributed by atoms with Gasteiger partial charge in [-0.15, -0.1) is 6.58 Å². The third kappa shape index (κ3) is 3.20. The standard InChI is InChI=1S/C21H28/c1-8-9-15-14-19(21(5,6)7)18-13-11-16(20(2,3)4)10-12-17(15)18/h8,10-14H,1,9H2,2-7H3. The molecule has 0 aliphatic heterocycles. The molecule has 0 atom stereocenters. The SMILES string of the molecule is C=CCc1cc(C(C)(C)C)c2ccc(C(C)(C)C)ccc1-2. The molecule has 0 aromatic heterocycles. The zero-order valence-electron chi connectivity index (χ0n) is 14.4. The third-order valence-corrected chi connectivity index (χ3v) is 4.14. The molecule has 0 nitrogen and oxygen atoms in total. The lowest BCUT2D eigenvalue weighted by atomic mass is 9.85. The van der Waals surface area contributed by atoms with E-state index in [4.69, 9.17) is 0 Å². The van der Waals surface area contributed by atoms with Crippen molar-refractivity contribution in [3.05, 3.63) is 59.7 Å². The van der Waals surface area contributed by atoms with Gasteiger partial charge in [0.05, 0.1) is 0 Å². The molecule has 2 rings (SSSR count). The smallest absolute Gasteiger partial charge is 0.00939 e. The van der Waals surface area contributed by atoms with E-state index in [1.165, 1.54) is 27.8 Å². The van der Waals surface area contributed by atoms with Gasteiger partial charge >= 0.3 is 0 Å². The Hall–Kier alpha value is -1.56. The second-order valence-electron chi connectivity index (χ2n) is 8.03. The van der Waals surface area contributed by atoms with Crippen LogP contribution in [0.3, 0.4) is 0 Å². The Labute approximate surface area is 130 Å². The quantitative estimate of drug-likeness (QED) is 0.582. The minimum absolute atomic E-state index is 0.161. The highest BCUT2D eigenvalue weighted by Crippen LogP contribution is 2.40. The van der Waals surface area contributed by atoms with E-state index in [2.05, 4.69) is 78.5 Å². The Kier molecular flexibility index (Phi) is 4.02. The Balaban J connectivity index is 2.71. The summed E-state index contributed by atoms with van der Waals surface area (Å²) >= 11 is 0. The maximum atomic E-state index is 3.91. The van der Waals surface area contributed by atoms with E-state index in [-0.39, 0.29) is 10.8 Å². The van der Waals surface area contributed by atoms with Crippen LogP contribution >= 0.6 is 0 Å². The summed E-state index contributed by atoms with van der Waals surface area (Å²) in [6.45, 7) is 17.6. The summed E-state index contributed by atoms with van der Waals surface area (Å²) in [4.78, 5) is 0. The first-order chi connectivity index (χ1) is 9.64.